The monoisotopic (exact) mass is 670 g/mol. The lowest BCUT2D eigenvalue weighted by atomic mass is 9.85. The molecule has 0 saturated carbocycles. The summed E-state index contributed by atoms with van der Waals surface area (Å²) < 4.78 is 8.11. The van der Waals surface area contributed by atoms with E-state index in [4.69, 9.17) is 37.9 Å². The van der Waals surface area contributed by atoms with Gasteiger partial charge in [-0.2, -0.15) is 0 Å². The topological polar surface area (TPSA) is 145 Å². The number of piperidine rings is 1. The number of hydrogen-bond acceptors (Lipinski definition) is 6. The van der Waals surface area contributed by atoms with Crippen LogP contribution in [0.15, 0.2) is 83.6 Å². The molecule has 6 N–H and O–H groups in total. The van der Waals surface area contributed by atoms with E-state index in [1.54, 1.807) is 29.0 Å². The molecule has 48 heavy (non-hydrogen) atoms. The maximum absolute atomic E-state index is 13.5. The van der Waals surface area contributed by atoms with Crippen molar-refractivity contribution in [3.8, 4) is 5.75 Å². The van der Waals surface area contributed by atoms with Crippen LogP contribution in [0.25, 0.3) is 0 Å². The highest BCUT2D eigenvalue weighted by atomic mass is 35.5. The fourth-order valence-electron chi connectivity index (χ4n) is 6.08. The maximum atomic E-state index is 13.5. The summed E-state index contributed by atoms with van der Waals surface area (Å²) in [5.41, 5.74) is 10.4. The van der Waals surface area contributed by atoms with E-state index in [-0.39, 0.29) is 29.1 Å². The van der Waals surface area contributed by atoms with Crippen LogP contribution in [0.1, 0.15) is 88.6 Å². The number of nitrogens with one attached hydrogen (secondary N) is 4. The van der Waals surface area contributed by atoms with E-state index in [1.165, 1.54) is 0 Å². The molecule has 0 unspecified atom stereocenters. The second-order valence-corrected chi connectivity index (χ2v) is 13.9. The third kappa shape index (κ3) is 8.47. The summed E-state index contributed by atoms with van der Waals surface area (Å²) in [5.74, 6) is 1.57. The molecule has 0 spiro atoms. The van der Waals surface area contributed by atoms with Crippen molar-refractivity contribution in [3.05, 3.63) is 101 Å². The number of amidine groups is 1. The van der Waals surface area contributed by atoms with Crippen LogP contribution in [-0.2, 0) is 5.88 Å². The molecular weight excluding hydrogens is 624 g/mol. The number of carbonyl (C=O) groups excluding carboxylic acids is 1. The molecular formula is C37H47ClN8O2. The number of pyridine rings is 1. The van der Waals surface area contributed by atoms with Crippen LogP contribution in [0.4, 0.5) is 10.5 Å². The van der Waals surface area contributed by atoms with E-state index < -0.39 is 6.03 Å². The average molecular weight is 671 g/mol. The quantitative estimate of drug-likeness (QED) is 0.107. The summed E-state index contributed by atoms with van der Waals surface area (Å²) in [5, 5.41) is 23.4. The lowest BCUT2D eigenvalue weighted by Crippen LogP contribution is -2.47. The molecule has 1 aliphatic heterocycles. The van der Waals surface area contributed by atoms with Crippen LogP contribution >= 0.6 is 11.6 Å². The minimum absolute atomic E-state index is 0.234. The Morgan fingerprint density at radius 1 is 1.08 bits per heavy atom. The number of rotatable bonds is 6. The molecule has 1 aromatic heterocycles. The van der Waals surface area contributed by atoms with Gasteiger partial charge in [0.2, 0.25) is 5.96 Å². The number of amides is 2. The van der Waals surface area contributed by atoms with Crippen molar-refractivity contribution in [1.29, 1.82) is 10.8 Å². The molecule has 3 aromatic rings. The number of carbonyl (C=O) groups is 1. The molecule has 1 saturated heterocycles. The van der Waals surface area contributed by atoms with Gasteiger partial charge in [0.15, 0.2) is 0 Å². The van der Waals surface area contributed by atoms with Crippen molar-refractivity contribution in [2.75, 3.05) is 6.54 Å². The molecule has 11 heteroatoms. The summed E-state index contributed by atoms with van der Waals surface area (Å²) in [6.45, 7) is 8.95. The Morgan fingerprint density at radius 3 is 2.58 bits per heavy atom. The Hall–Kier alpha value is -4.57. The van der Waals surface area contributed by atoms with E-state index in [0.29, 0.717) is 47.7 Å². The normalized spacial score (nSPS) is 20.1. The molecule has 10 nitrogen and oxygen atoms in total. The van der Waals surface area contributed by atoms with E-state index in [1.807, 2.05) is 69.3 Å². The SMILES string of the molecule is C[C@H]1CCCCN1C(=N)n1cc(O[C@@H]2CC[C@H](NC(=O)NC(/C=C(\N)C(C)(C)C)=Nc3cccc(CCl)c3)c3ccccc32)ccc1=N. The zero-order chi connectivity index (χ0) is 34.4. The van der Waals surface area contributed by atoms with E-state index in [0.717, 1.165) is 42.5 Å². The number of alkyl halides is 1. The highest BCUT2D eigenvalue weighted by molar-refractivity contribution is 6.17. The van der Waals surface area contributed by atoms with E-state index in [2.05, 4.69) is 22.5 Å². The molecule has 0 bridgehead atoms. The highest BCUT2D eigenvalue weighted by Gasteiger charge is 2.30. The maximum Gasteiger partial charge on any atom is 0.320 e. The first-order valence-electron chi connectivity index (χ1n) is 16.6. The molecule has 254 valence electrons. The van der Waals surface area contributed by atoms with Crippen LogP contribution in [0, 0.1) is 16.2 Å². The Labute approximate surface area is 288 Å². The Morgan fingerprint density at radius 2 is 1.85 bits per heavy atom. The Kier molecular flexibility index (Phi) is 10.9. The predicted octanol–water partition coefficient (Wildman–Crippen LogP) is 7.24. The minimum atomic E-state index is -0.392. The molecule has 0 radical (unpaired) electrons. The summed E-state index contributed by atoms with van der Waals surface area (Å²) in [4.78, 5) is 20.2. The van der Waals surface area contributed by atoms with E-state index in [9.17, 15) is 4.79 Å². The number of ether oxygens (including phenoxy) is 1. The first-order chi connectivity index (χ1) is 22.9. The summed E-state index contributed by atoms with van der Waals surface area (Å²) >= 11 is 6.04. The van der Waals surface area contributed by atoms with E-state index >= 15 is 0 Å². The van der Waals surface area contributed by atoms with Gasteiger partial charge in [-0.1, -0.05) is 57.2 Å². The van der Waals surface area contributed by atoms with Crippen LogP contribution in [-0.4, -0.2) is 39.9 Å². The van der Waals surface area contributed by atoms with Gasteiger partial charge in [0.05, 0.1) is 17.9 Å². The van der Waals surface area contributed by atoms with Gasteiger partial charge < -0.3 is 20.7 Å². The van der Waals surface area contributed by atoms with Gasteiger partial charge in [-0.25, -0.2) is 9.79 Å². The second kappa shape index (κ2) is 15.1. The number of halogens is 1. The third-order valence-electron chi connectivity index (χ3n) is 8.96. The van der Waals surface area contributed by atoms with Crippen LogP contribution in [0.3, 0.4) is 0 Å². The zero-order valence-electron chi connectivity index (χ0n) is 28.2. The molecule has 2 aromatic carbocycles. The number of likely N-dealkylation sites (tertiary alicyclic amines) is 1. The van der Waals surface area contributed by atoms with Crippen molar-refractivity contribution in [3.63, 3.8) is 0 Å². The van der Waals surface area contributed by atoms with Gasteiger partial charge in [-0.3, -0.25) is 20.7 Å². The molecule has 5 rings (SSSR count). The highest BCUT2D eigenvalue weighted by Crippen LogP contribution is 2.38. The molecule has 2 amide bonds. The molecule has 1 fully saturated rings. The first kappa shape index (κ1) is 34.8. The molecule has 2 heterocycles. The van der Waals surface area contributed by atoms with Gasteiger partial charge >= 0.3 is 6.03 Å². The van der Waals surface area contributed by atoms with Gasteiger partial charge in [-0.05, 0) is 80.0 Å². The number of hydrogen-bond donors (Lipinski definition) is 5. The number of allylic oxidation sites excluding steroid dienone is 1. The fourth-order valence-corrected chi connectivity index (χ4v) is 6.25. The molecule has 3 atom stereocenters. The van der Waals surface area contributed by atoms with Crippen molar-refractivity contribution in [2.24, 2.45) is 16.1 Å². The van der Waals surface area contributed by atoms with Crippen LogP contribution < -0.4 is 26.6 Å². The number of fused-ring (bicyclic) bond motifs is 1. The first-order valence-corrected chi connectivity index (χ1v) is 17.1. The lowest BCUT2D eigenvalue weighted by Gasteiger charge is -2.36. The predicted molar refractivity (Wildman–Crippen MR) is 192 cm³/mol. The second-order valence-electron chi connectivity index (χ2n) is 13.6. The minimum Gasteiger partial charge on any atom is -0.484 e. The number of nitrogens with two attached hydrogens (primary N) is 1. The van der Waals surface area contributed by atoms with Crippen LogP contribution in [0.2, 0.25) is 0 Å². The summed E-state index contributed by atoms with van der Waals surface area (Å²) in [7, 11) is 0. The van der Waals surface area contributed by atoms with Gasteiger partial charge in [-0.15, -0.1) is 11.6 Å². The lowest BCUT2D eigenvalue weighted by molar-refractivity contribution is 0.170. The molecule has 1 aliphatic carbocycles. The summed E-state index contributed by atoms with van der Waals surface area (Å²) in [6.07, 6.45) is 7.74. The van der Waals surface area contributed by atoms with Gasteiger partial charge in [0.1, 0.15) is 23.2 Å². The standard InChI is InChI=1S/C37H47ClN8O2/c1-24-10-7-8-19-45(24)35(41)46-23-27(15-18-33(46)40)48-31-17-16-30(28-13-5-6-14-29(28)31)43-36(47)44-34(21-32(39)37(2,3)4)42-26-12-9-11-25(20-26)22-38/h5-6,9,11-15,18,20-21,23-24,30-31,40-41H,7-8,10,16-17,19,22,39H2,1-4H3,(H2,42,43,44,47)/b32-21-,40-33?,41-35?/t24-,30-,31+/m0/s1. The van der Waals surface area contributed by atoms with Crippen LogP contribution in [0.5, 0.6) is 5.75 Å². The Balaban J connectivity index is 1.33. The molecule has 2 aliphatic rings. The largest absolute Gasteiger partial charge is 0.484 e. The number of aromatic nitrogens is 1. The van der Waals surface area contributed by atoms with Gasteiger partial charge in [0, 0.05) is 35.7 Å². The number of benzene rings is 2. The van der Waals surface area contributed by atoms with Crippen molar-refractivity contribution in [1.82, 2.24) is 20.1 Å². The average Bonchev–Trinajstić information content (AvgIpc) is 3.06. The number of urea groups is 1. The van der Waals surface area contributed by atoms with Crippen molar-refractivity contribution in [2.45, 2.75) is 83.9 Å². The van der Waals surface area contributed by atoms with Crippen molar-refractivity contribution < 1.29 is 9.53 Å². The zero-order valence-corrected chi connectivity index (χ0v) is 29.0. The third-order valence-corrected chi connectivity index (χ3v) is 9.27. The smallest absolute Gasteiger partial charge is 0.320 e. The Bertz CT molecular complexity index is 1760. The fraction of sp³-hybridized carbons (Fsp3) is 0.405. The number of nitrogens with zero attached hydrogens (tertiary/aromatic N) is 3. The van der Waals surface area contributed by atoms with Gasteiger partial charge in [0.25, 0.3) is 0 Å². The van der Waals surface area contributed by atoms with Crippen molar-refractivity contribution >= 4 is 35.1 Å². The summed E-state index contributed by atoms with van der Waals surface area (Å²) in [6, 6.07) is 18.6. The number of aliphatic imine (C=N–C) groups is 1.